The third kappa shape index (κ3) is 2.71. The first-order valence-electron chi connectivity index (χ1n) is 5.66. The minimum atomic E-state index is -0.893. The van der Waals surface area contributed by atoms with Gasteiger partial charge in [-0.25, -0.2) is 4.79 Å². The molecule has 1 heterocycles. The number of thiophene rings is 1. The van der Waals surface area contributed by atoms with E-state index in [1.807, 2.05) is 44.2 Å². The van der Waals surface area contributed by atoms with Gasteiger partial charge in [-0.1, -0.05) is 12.1 Å². The molecule has 0 spiro atoms. The third-order valence-electron chi connectivity index (χ3n) is 2.38. The smallest absolute Gasteiger partial charge is 0.346 e. The summed E-state index contributed by atoms with van der Waals surface area (Å²) in [7, 11) is 0. The predicted octanol–water partition coefficient (Wildman–Crippen LogP) is 3.90. The van der Waals surface area contributed by atoms with Crippen LogP contribution in [0.4, 0.5) is 0 Å². The van der Waals surface area contributed by atoms with Gasteiger partial charge < -0.3 is 9.84 Å². The highest BCUT2D eigenvalue weighted by molar-refractivity contribution is 7.12. The van der Waals surface area contributed by atoms with Gasteiger partial charge in [-0.05, 0) is 43.0 Å². The number of carboxylic acid groups (broad SMARTS) is 1. The molecule has 0 aliphatic rings. The number of benzene rings is 1. The van der Waals surface area contributed by atoms with Crippen molar-refractivity contribution in [3.05, 3.63) is 40.6 Å². The summed E-state index contributed by atoms with van der Waals surface area (Å²) < 4.78 is 5.61. The van der Waals surface area contributed by atoms with Crippen molar-refractivity contribution in [3.63, 3.8) is 0 Å². The molecule has 94 valence electrons. The summed E-state index contributed by atoms with van der Waals surface area (Å²) in [5.74, 6) is -0.139. The molecule has 0 amide bonds. The Labute approximate surface area is 110 Å². The molecule has 0 atom stereocenters. The van der Waals surface area contributed by atoms with Crippen molar-refractivity contribution in [2.45, 2.75) is 20.0 Å². The van der Waals surface area contributed by atoms with Gasteiger partial charge in [-0.2, -0.15) is 0 Å². The lowest BCUT2D eigenvalue weighted by molar-refractivity contribution is 0.0703. The summed E-state index contributed by atoms with van der Waals surface area (Å²) in [6, 6.07) is 9.32. The van der Waals surface area contributed by atoms with Crippen molar-refractivity contribution in [3.8, 4) is 16.9 Å². The fourth-order valence-electron chi connectivity index (χ4n) is 1.71. The lowest BCUT2D eigenvalue weighted by Gasteiger charge is -2.10. The summed E-state index contributed by atoms with van der Waals surface area (Å²) in [6.07, 6.45) is 0.0988. The standard InChI is InChI=1S/C14H14O3S/c1-9(2)17-11-5-3-4-10(8-11)12-6-7-18-13(12)14(15)16/h3-9H,1-2H3,(H,15,16). The summed E-state index contributed by atoms with van der Waals surface area (Å²) in [6.45, 7) is 3.92. The molecule has 0 unspecified atom stereocenters. The van der Waals surface area contributed by atoms with Crippen LogP contribution in [-0.2, 0) is 0 Å². The van der Waals surface area contributed by atoms with Crippen LogP contribution in [0.2, 0.25) is 0 Å². The van der Waals surface area contributed by atoms with Gasteiger partial charge in [0, 0.05) is 5.56 Å². The Balaban J connectivity index is 2.38. The molecule has 18 heavy (non-hydrogen) atoms. The molecular formula is C14H14O3S. The fourth-order valence-corrected chi connectivity index (χ4v) is 2.47. The van der Waals surface area contributed by atoms with Crippen molar-refractivity contribution in [2.24, 2.45) is 0 Å². The predicted molar refractivity (Wildman–Crippen MR) is 72.5 cm³/mol. The molecule has 0 saturated heterocycles. The zero-order chi connectivity index (χ0) is 13.1. The van der Waals surface area contributed by atoms with Crippen molar-refractivity contribution < 1.29 is 14.6 Å². The average Bonchev–Trinajstić information content (AvgIpc) is 2.77. The van der Waals surface area contributed by atoms with E-state index in [-0.39, 0.29) is 6.10 Å². The zero-order valence-electron chi connectivity index (χ0n) is 10.2. The first-order valence-corrected chi connectivity index (χ1v) is 6.54. The first-order chi connectivity index (χ1) is 8.58. The van der Waals surface area contributed by atoms with Crippen LogP contribution >= 0.6 is 11.3 Å². The van der Waals surface area contributed by atoms with E-state index in [9.17, 15) is 4.79 Å². The topological polar surface area (TPSA) is 46.5 Å². The second kappa shape index (κ2) is 5.23. The monoisotopic (exact) mass is 262 g/mol. The van der Waals surface area contributed by atoms with Crippen LogP contribution in [0, 0.1) is 0 Å². The quantitative estimate of drug-likeness (QED) is 0.909. The molecule has 1 aromatic carbocycles. The van der Waals surface area contributed by atoms with E-state index in [1.165, 1.54) is 11.3 Å². The maximum absolute atomic E-state index is 11.1. The van der Waals surface area contributed by atoms with Gasteiger partial charge in [0.05, 0.1) is 6.10 Å². The largest absolute Gasteiger partial charge is 0.491 e. The fraction of sp³-hybridized carbons (Fsp3) is 0.214. The normalized spacial score (nSPS) is 10.6. The van der Waals surface area contributed by atoms with Crippen molar-refractivity contribution >= 4 is 17.3 Å². The highest BCUT2D eigenvalue weighted by atomic mass is 32.1. The summed E-state index contributed by atoms with van der Waals surface area (Å²) in [4.78, 5) is 11.5. The molecule has 2 aromatic rings. The van der Waals surface area contributed by atoms with Crippen LogP contribution in [0.1, 0.15) is 23.5 Å². The first kappa shape index (κ1) is 12.6. The van der Waals surface area contributed by atoms with Crippen molar-refractivity contribution in [1.29, 1.82) is 0 Å². The second-order valence-corrected chi connectivity index (χ2v) is 5.08. The molecule has 0 aliphatic carbocycles. The minimum absolute atomic E-state index is 0.0988. The summed E-state index contributed by atoms with van der Waals surface area (Å²) in [5, 5.41) is 10.9. The minimum Gasteiger partial charge on any atom is -0.491 e. The Kier molecular flexibility index (Phi) is 3.67. The SMILES string of the molecule is CC(C)Oc1cccc(-c2ccsc2C(=O)O)c1. The third-order valence-corrected chi connectivity index (χ3v) is 3.28. The lowest BCUT2D eigenvalue weighted by Crippen LogP contribution is -2.05. The van der Waals surface area contributed by atoms with E-state index >= 15 is 0 Å². The van der Waals surface area contributed by atoms with E-state index in [2.05, 4.69) is 0 Å². The summed E-state index contributed by atoms with van der Waals surface area (Å²) >= 11 is 1.23. The maximum Gasteiger partial charge on any atom is 0.346 e. The van der Waals surface area contributed by atoms with Crippen LogP contribution in [0.15, 0.2) is 35.7 Å². The molecule has 4 heteroatoms. The number of carboxylic acids is 1. The van der Waals surface area contributed by atoms with Crippen LogP contribution in [0.3, 0.4) is 0 Å². The Morgan fingerprint density at radius 3 is 2.78 bits per heavy atom. The molecule has 0 saturated carbocycles. The number of rotatable bonds is 4. The number of carbonyl (C=O) groups is 1. The van der Waals surface area contributed by atoms with Gasteiger partial charge in [0.1, 0.15) is 10.6 Å². The van der Waals surface area contributed by atoms with Crippen LogP contribution in [-0.4, -0.2) is 17.2 Å². The van der Waals surface area contributed by atoms with Crippen molar-refractivity contribution in [1.82, 2.24) is 0 Å². The Morgan fingerprint density at radius 1 is 1.33 bits per heavy atom. The molecule has 1 aromatic heterocycles. The highest BCUT2D eigenvalue weighted by Gasteiger charge is 2.13. The average molecular weight is 262 g/mol. The van der Waals surface area contributed by atoms with E-state index in [4.69, 9.17) is 9.84 Å². The highest BCUT2D eigenvalue weighted by Crippen LogP contribution is 2.30. The van der Waals surface area contributed by atoms with Gasteiger partial charge in [0.25, 0.3) is 0 Å². The number of hydrogen-bond donors (Lipinski definition) is 1. The van der Waals surface area contributed by atoms with Gasteiger partial charge in [-0.3, -0.25) is 0 Å². The molecule has 1 N–H and O–H groups in total. The van der Waals surface area contributed by atoms with E-state index in [0.29, 0.717) is 4.88 Å². The second-order valence-electron chi connectivity index (χ2n) is 4.16. The molecule has 0 aliphatic heterocycles. The number of hydrogen-bond acceptors (Lipinski definition) is 3. The van der Waals surface area contributed by atoms with E-state index < -0.39 is 5.97 Å². The van der Waals surface area contributed by atoms with E-state index in [0.717, 1.165) is 16.9 Å². The van der Waals surface area contributed by atoms with Crippen LogP contribution in [0.5, 0.6) is 5.75 Å². The van der Waals surface area contributed by atoms with Gasteiger partial charge in [0.2, 0.25) is 0 Å². The maximum atomic E-state index is 11.1. The Morgan fingerprint density at radius 2 is 2.11 bits per heavy atom. The Bertz CT molecular complexity index is 558. The zero-order valence-corrected chi connectivity index (χ0v) is 11.0. The number of aromatic carboxylic acids is 1. The molecular weight excluding hydrogens is 248 g/mol. The molecule has 3 nitrogen and oxygen atoms in total. The number of ether oxygens (including phenoxy) is 1. The van der Waals surface area contributed by atoms with Crippen LogP contribution < -0.4 is 4.74 Å². The molecule has 0 bridgehead atoms. The van der Waals surface area contributed by atoms with Crippen molar-refractivity contribution in [2.75, 3.05) is 0 Å². The Hall–Kier alpha value is -1.81. The molecule has 2 rings (SSSR count). The molecule has 0 radical (unpaired) electrons. The van der Waals surface area contributed by atoms with Gasteiger partial charge in [-0.15, -0.1) is 11.3 Å². The van der Waals surface area contributed by atoms with E-state index in [1.54, 1.807) is 5.38 Å². The van der Waals surface area contributed by atoms with Gasteiger partial charge >= 0.3 is 5.97 Å². The summed E-state index contributed by atoms with van der Waals surface area (Å²) in [5.41, 5.74) is 1.61. The lowest BCUT2D eigenvalue weighted by atomic mass is 10.1. The van der Waals surface area contributed by atoms with Crippen LogP contribution in [0.25, 0.3) is 11.1 Å². The van der Waals surface area contributed by atoms with Gasteiger partial charge in [0.15, 0.2) is 0 Å². The molecule has 0 fully saturated rings.